The first-order chi connectivity index (χ1) is 9.58. The average molecular weight is 269 g/mol. The molecule has 20 heavy (non-hydrogen) atoms. The predicted octanol–water partition coefficient (Wildman–Crippen LogP) is 4.71. The molecule has 0 amide bonds. The van der Waals surface area contributed by atoms with Gasteiger partial charge in [0, 0.05) is 18.8 Å². The van der Waals surface area contributed by atoms with Crippen LogP contribution in [0.1, 0.15) is 53.9 Å². The van der Waals surface area contributed by atoms with E-state index in [1.165, 1.54) is 61.2 Å². The summed E-state index contributed by atoms with van der Waals surface area (Å²) >= 11 is 0. The Morgan fingerprint density at radius 3 is 2.25 bits per heavy atom. The maximum absolute atomic E-state index is 4.31. The molecule has 1 aromatic carbocycles. The van der Waals surface area contributed by atoms with Crippen molar-refractivity contribution in [3.63, 3.8) is 0 Å². The lowest BCUT2D eigenvalue weighted by Crippen LogP contribution is -2.32. The lowest BCUT2D eigenvalue weighted by molar-refractivity contribution is 0.253. The molecule has 3 rings (SSSR count). The summed E-state index contributed by atoms with van der Waals surface area (Å²) in [4.78, 5) is 2.55. The topological polar surface area (TPSA) is 3.24 Å². The number of rotatable bonds is 3. The van der Waals surface area contributed by atoms with Gasteiger partial charge < -0.3 is 4.90 Å². The SMILES string of the molecule is C=C(C1CC1)N1CCC(c2ccc(C)c(C)c2C)CC1. The highest BCUT2D eigenvalue weighted by atomic mass is 15.1. The third-order valence-electron chi connectivity index (χ3n) is 5.49. The molecule has 2 aliphatic rings. The van der Waals surface area contributed by atoms with Crippen molar-refractivity contribution in [2.24, 2.45) is 5.92 Å². The summed E-state index contributed by atoms with van der Waals surface area (Å²) in [6, 6.07) is 4.67. The predicted molar refractivity (Wildman–Crippen MR) is 86.1 cm³/mol. The highest BCUT2D eigenvalue weighted by Gasteiger charge is 2.30. The van der Waals surface area contributed by atoms with Gasteiger partial charge in [-0.1, -0.05) is 18.7 Å². The summed E-state index contributed by atoms with van der Waals surface area (Å²) in [6.45, 7) is 13.5. The molecule has 0 unspecified atom stereocenters. The molecule has 1 saturated carbocycles. The first kappa shape index (κ1) is 13.7. The van der Waals surface area contributed by atoms with Crippen LogP contribution in [0.2, 0.25) is 0 Å². The van der Waals surface area contributed by atoms with Gasteiger partial charge in [-0.15, -0.1) is 0 Å². The van der Waals surface area contributed by atoms with Crippen LogP contribution in [0.3, 0.4) is 0 Å². The quantitative estimate of drug-likeness (QED) is 0.768. The molecule has 0 N–H and O–H groups in total. The number of nitrogens with zero attached hydrogens (tertiary/aromatic N) is 1. The number of piperidine rings is 1. The van der Waals surface area contributed by atoms with Gasteiger partial charge in [-0.05, 0) is 80.5 Å². The van der Waals surface area contributed by atoms with Crippen LogP contribution >= 0.6 is 0 Å². The van der Waals surface area contributed by atoms with Crippen LogP contribution in [0.4, 0.5) is 0 Å². The standard InChI is InChI=1S/C19H27N/c1-13-5-8-19(15(3)14(13)2)18-9-11-20(12-10-18)16(4)17-6-7-17/h5,8,17-18H,4,6-7,9-12H2,1-3H3. The largest absolute Gasteiger partial charge is 0.375 e. The average Bonchev–Trinajstić information content (AvgIpc) is 3.29. The number of benzene rings is 1. The van der Waals surface area contributed by atoms with Gasteiger partial charge in [0.25, 0.3) is 0 Å². The maximum Gasteiger partial charge on any atom is 0.0180 e. The Hall–Kier alpha value is -1.24. The second kappa shape index (κ2) is 5.27. The monoisotopic (exact) mass is 269 g/mol. The van der Waals surface area contributed by atoms with Crippen molar-refractivity contribution in [1.82, 2.24) is 4.90 Å². The van der Waals surface area contributed by atoms with Crippen molar-refractivity contribution in [3.8, 4) is 0 Å². The number of hydrogen-bond acceptors (Lipinski definition) is 1. The fourth-order valence-corrected chi connectivity index (χ4v) is 3.57. The molecule has 0 atom stereocenters. The highest BCUT2D eigenvalue weighted by Crippen LogP contribution is 2.40. The summed E-state index contributed by atoms with van der Waals surface area (Å²) in [5, 5.41) is 0. The van der Waals surface area contributed by atoms with Crippen LogP contribution in [-0.2, 0) is 0 Å². The Balaban J connectivity index is 1.69. The Kier molecular flexibility index (Phi) is 3.62. The minimum absolute atomic E-state index is 0.748. The van der Waals surface area contributed by atoms with Gasteiger partial charge in [0.2, 0.25) is 0 Å². The molecular weight excluding hydrogens is 242 g/mol. The number of hydrogen-bond donors (Lipinski definition) is 0. The van der Waals surface area contributed by atoms with Crippen LogP contribution in [0.15, 0.2) is 24.4 Å². The molecule has 1 aromatic rings. The molecule has 1 saturated heterocycles. The number of likely N-dealkylation sites (tertiary alicyclic amines) is 1. The van der Waals surface area contributed by atoms with Crippen LogP contribution < -0.4 is 0 Å². The lowest BCUT2D eigenvalue weighted by Gasteiger charge is -2.36. The molecule has 108 valence electrons. The van der Waals surface area contributed by atoms with E-state index in [1.807, 2.05) is 0 Å². The Labute approximate surface area is 123 Å². The summed E-state index contributed by atoms with van der Waals surface area (Å²) in [5.41, 5.74) is 7.42. The van der Waals surface area contributed by atoms with Gasteiger partial charge in [0.05, 0.1) is 0 Å². The van der Waals surface area contributed by atoms with E-state index in [2.05, 4.69) is 44.4 Å². The molecule has 0 bridgehead atoms. The van der Waals surface area contributed by atoms with E-state index in [9.17, 15) is 0 Å². The van der Waals surface area contributed by atoms with Gasteiger partial charge in [-0.3, -0.25) is 0 Å². The zero-order valence-corrected chi connectivity index (χ0v) is 13.2. The van der Waals surface area contributed by atoms with Crippen molar-refractivity contribution < 1.29 is 0 Å². The van der Waals surface area contributed by atoms with Crippen molar-refractivity contribution in [2.45, 2.75) is 52.4 Å². The minimum Gasteiger partial charge on any atom is -0.375 e. The second-order valence-electron chi connectivity index (χ2n) is 6.75. The molecule has 1 heteroatoms. The highest BCUT2D eigenvalue weighted by molar-refractivity contribution is 5.40. The fourth-order valence-electron chi connectivity index (χ4n) is 3.57. The first-order valence-electron chi connectivity index (χ1n) is 8.08. The van der Waals surface area contributed by atoms with E-state index in [1.54, 1.807) is 5.56 Å². The molecule has 1 aliphatic heterocycles. The van der Waals surface area contributed by atoms with Gasteiger partial charge >= 0.3 is 0 Å². The summed E-state index contributed by atoms with van der Waals surface area (Å²) in [7, 11) is 0. The van der Waals surface area contributed by atoms with E-state index >= 15 is 0 Å². The van der Waals surface area contributed by atoms with E-state index in [-0.39, 0.29) is 0 Å². The van der Waals surface area contributed by atoms with E-state index < -0.39 is 0 Å². The Bertz CT molecular complexity index is 517. The molecule has 1 aliphatic carbocycles. The summed E-state index contributed by atoms with van der Waals surface area (Å²) < 4.78 is 0. The second-order valence-corrected chi connectivity index (χ2v) is 6.75. The van der Waals surface area contributed by atoms with E-state index in [0.29, 0.717) is 0 Å². The zero-order chi connectivity index (χ0) is 14.3. The third-order valence-corrected chi connectivity index (χ3v) is 5.49. The molecule has 1 nitrogen and oxygen atoms in total. The summed E-state index contributed by atoms with van der Waals surface area (Å²) in [6.07, 6.45) is 5.31. The first-order valence-corrected chi connectivity index (χ1v) is 8.08. The molecule has 1 heterocycles. The van der Waals surface area contributed by atoms with Crippen molar-refractivity contribution in [1.29, 1.82) is 0 Å². The van der Waals surface area contributed by atoms with Crippen LogP contribution in [-0.4, -0.2) is 18.0 Å². The normalized spacial score (nSPS) is 20.2. The molecule has 0 spiro atoms. The zero-order valence-electron chi connectivity index (χ0n) is 13.2. The maximum atomic E-state index is 4.31. The van der Waals surface area contributed by atoms with Crippen LogP contribution in [0.5, 0.6) is 0 Å². The minimum atomic E-state index is 0.748. The van der Waals surface area contributed by atoms with E-state index in [4.69, 9.17) is 0 Å². The molecule has 2 fully saturated rings. The number of aryl methyl sites for hydroxylation is 1. The molecule has 0 aromatic heterocycles. The van der Waals surface area contributed by atoms with Crippen molar-refractivity contribution >= 4 is 0 Å². The van der Waals surface area contributed by atoms with Gasteiger partial charge in [-0.25, -0.2) is 0 Å². The smallest absolute Gasteiger partial charge is 0.0180 e. The Morgan fingerprint density at radius 2 is 1.65 bits per heavy atom. The van der Waals surface area contributed by atoms with Gasteiger partial charge in [0.15, 0.2) is 0 Å². The van der Waals surface area contributed by atoms with Crippen molar-refractivity contribution in [2.75, 3.05) is 13.1 Å². The molecular formula is C19H27N. The number of allylic oxidation sites excluding steroid dienone is 1. The van der Waals surface area contributed by atoms with Crippen LogP contribution in [0, 0.1) is 26.7 Å². The van der Waals surface area contributed by atoms with Gasteiger partial charge in [0.1, 0.15) is 0 Å². The van der Waals surface area contributed by atoms with Crippen molar-refractivity contribution in [3.05, 3.63) is 46.7 Å². The fraction of sp³-hybridized carbons (Fsp3) is 0.579. The Morgan fingerprint density at radius 1 is 1.00 bits per heavy atom. The van der Waals surface area contributed by atoms with E-state index in [0.717, 1.165) is 11.8 Å². The summed E-state index contributed by atoms with van der Waals surface area (Å²) in [5.74, 6) is 1.56. The lowest BCUT2D eigenvalue weighted by atomic mass is 9.84. The molecule has 0 radical (unpaired) electrons. The van der Waals surface area contributed by atoms with Crippen LogP contribution in [0.25, 0.3) is 0 Å². The third kappa shape index (κ3) is 2.51. The van der Waals surface area contributed by atoms with Gasteiger partial charge in [-0.2, -0.15) is 0 Å².